The number of hydrogen-bond donors (Lipinski definition) is 1. The number of ketones is 1. The number of carboxylic acids is 1. The number of aliphatic carboxylic acids is 1. The molecule has 7 heteroatoms. The highest BCUT2D eigenvalue weighted by molar-refractivity contribution is 5.84. The smallest absolute Gasteiger partial charge is 0.332 e. The second kappa shape index (κ2) is 15.0. The number of hydrogen-bond acceptors (Lipinski definition) is 4. The van der Waals surface area contributed by atoms with E-state index in [1.807, 2.05) is 0 Å². The second-order valence-electron chi connectivity index (χ2n) is 9.97. The van der Waals surface area contributed by atoms with Gasteiger partial charge in [0.1, 0.15) is 5.78 Å². The zero-order valence-electron chi connectivity index (χ0n) is 20.4. The fourth-order valence-corrected chi connectivity index (χ4v) is 5.48. The molecule has 0 aromatic carbocycles. The highest BCUT2D eigenvalue weighted by Crippen LogP contribution is 2.51. The van der Waals surface area contributed by atoms with Crippen LogP contribution >= 0.6 is 0 Å². The molecule has 0 bridgehead atoms. The van der Waals surface area contributed by atoms with Crippen LogP contribution in [-0.2, 0) is 19.1 Å². The van der Waals surface area contributed by atoms with Gasteiger partial charge in [0.25, 0.3) is 0 Å². The summed E-state index contributed by atoms with van der Waals surface area (Å²) in [5, 5.41) is 9.44. The van der Waals surface area contributed by atoms with Gasteiger partial charge < -0.3 is 14.6 Å². The number of unbranched alkanes of at least 4 members (excludes halogenated alkanes) is 7. The maximum Gasteiger partial charge on any atom is 0.332 e. The van der Waals surface area contributed by atoms with Crippen LogP contribution in [0.3, 0.4) is 0 Å². The second-order valence-corrected chi connectivity index (χ2v) is 9.97. The molecule has 1 saturated carbocycles. The Morgan fingerprint density at radius 2 is 1.85 bits per heavy atom. The van der Waals surface area contributed by atoms with E-state index in [4.69, 9.17) is 9.47 Å². The van der Waals surface area contributed by atoms with E-state index < -0.39 is 36.1 Å². The summed E-state index contributed by atoms with van der Waals surface area (Å²) >= 11 is 0. The largest absolute Gasteiger partial charge is 0.479 e. The first-order chi connectivity index (χ1) is 15.9. The minimum Gasteiger partial charge on any atom is -0.479 e. The van der Waals surface area contributed by atoms with Crippen molar-refractivity contribution in [3.8, 4) is 0 Å². The summed E-state index contributed by atoms with van der Waals surface area (Å²) in [4.78, 5) is 24.0. The lowest BCUT2D eigenvalue weighted by molar-refractivity contribution is -0.201. The number of carboxylic acid groups (broad SMARTS) is 1. The normalized spacial score (nSPS) is 26.7. The molecule has 1 N–H and O–H groups in total. The number of alkyl halides is 2. The first kappa shape index (κ1) is 28.2. The van der Waals surface area contributed by atoms with Crippen molar-refractivity contribution in [2.75, 3.05) is 6.61 Å². The van der Waals surface area contributed by atoms with Gasteiger partial charge in [-0.3, -0.25) is 4.79 Å². The van der Waals surface area contributed by atoms with Gasteiger partial charge in [-0.05, 0) is 44.9 Å². The van der Waals surface area contributed by atoms with Crippen molar-refractivity contribution in [2.45, 2.75) is 135 Å². The van der Waals surface area contributed by atoms with Crippen molar-refractivity contribution in [1.29, 1.82) is 0 Å². The number of carbonyl (C=O) groups is 2. The molecule has 1 saturated heterocycles. The van der Waals surface area contributed by atoms with Crippen LogP contribution in [-0.4, -0.2) is 42.3 Å². The van der Waals surface area contributed by atoms with Crippen LogP contribution in [0.2, 0.25) is 0 Å². The number of rotatable bonds is 17. The molecule has 0 radical (unpaired) electrons. The topological polar surface area (TPSA) is 72.8 Å². The molecular formula is C26H44F2O5. The Morgan fingerprint density at radius 1 is 1.12 bits per heavy atom. The summed E-state index contributed by atoms with van der Waals surface area (Å²) in [7, 11) is 0. The van der Waals surface area contributed by atoms with Gasteiger partial charge in [0.05, 0.1) is 0 Å². The molecule has 2 aliphatic rings. The van der Waals surface area contributed by atoms with Gasteiger partial charge >= 0.3 is 5.97 Å². The number of halogens is 2. The van der Waals surface area contributed by atoms with Crippen molar-refractivity contribution >= 4 is 11.8 Å². The van der Waals surface area contributed by atoms with Crippen molar-refractivity contribution in [3.63, 3.8) is 0 Å². The summed E-state index contributed by atoms with van der Waals surface area (Å²) in [5.74, 6) is -1.57. The Kier molecular flexibility index (Phi) is 12.8. The predicted octanol–water partition coefficient (Wildman–Crippen LogP) is 6.91. The molecule has 0 aromatic rings. The summed E-state index contributed by atoms with van der Waals surface area (Å²) < 4.78 is 39.5. The summed E-state index contributed by atoms with van der Waals surface area (Å²) in [6, 6.07) is 0. The zero-order chi connectivity index (χ0) is 24.1. The molecule has 0 spiro atoms. The molecule has 2 fully saturated rings. The Bertz CT molecular complexity index is 579. The van der Waals surface area contributed by atoms with E-state index in [2.05, 4.69) is 6.92 Å². The summed E-state index contributed by atoms with van der Waals surface area (Å²) in [5.41, 5.74) is -1.16. The van der Waals surface area contributed by atoms with Crippen LogP contribution in [0.4, 0.5) is 8.78 Å². The lowest BCUT2D eigenvalue weighted by Crippen LogP contribution is -2.36. The van der Waals surface area contributed by atoms with E-state index in [-0.39, 0.29) is 12.2 Å². The van der Waals surface area contributed by atoms with Gasteiger partial charge in [0.2, 0.25) is 6.43 Å². The quantitative estimate of drug-likeness (QED) is 0.232. The van der Waals surface area contributed by atoms with Crippen molar-refractivity contribution in [3.05, 3.63) is 0 Å². The third-order valence-corrected chi connectivity index (χ3v) is 7.54. The van der Waals surface area contributed by atoms with Gasteiger partial charge in [0.15, 0.2) is 12.4 Å². The van der Waals surface area contributed by atoms with E-state index in [0.717, 1.165) is 44.9 Å². The zero-order valence-corrected chi connectivity index (χ0v) is 20.4. The maximum absolute atomic E-state index is 14.2. The number of Topliss-reactive ketones (excluding diaryl/α,β-unsaturated/α-hetero) is 1. The Labute approximate surface area is 198 Å². The molecule has 2 rings (SSSR count). The van der Waals surface area contributed by atoms with Gasteiger partial charge in [0, 0.05) is 24.4 Å². The third kappa shape index (κ3) is 8.89. The molecule has 1 heterocycles. The first-order valence-electron chi connectivity index (χ1n) is 13.2. The van der Waals surface area contributed by atoms with Gasteiger partial charge in [-0.25, -0.2) is 13.6 Å². The average molecular weight is 475 g/mol. The van der Waals surface area contributed by atoms with Crippen molar-refractivity contribution in [2.24, 2.45) is 11.3 Å². The highest BCUT2D eigenvalue weighted by Gasteiger charge is 2.52. The van der Waals surface area contributed by atoms with E-state index in [1.165, 1.54) is 6.42 Å². The number of ether oxygens (including phenoxy) is 2. The fraction of sp³-hybridized carbons (Fsp3) is 0.923. The monoisotopic (exact) mass is 474 g/mol. The summed E-state index contributed by atoms with van der Waals surface area (Å²) in [6.45, 7) is 2.75. The Hall–Kier alpha value is -1.08. The third-order valence-electron chi connectivity index (χ3n) is 7.54. The van der Waals surface area contributed by atoms with E-state index in [0.29, 0.717) is 58.0 Å². The lowest BCUT2D eigenvalue weighted by Gasteiger charge is -2.34. The molecule has 0 amide bonds. The van der Waals surface area contributed by atoms with Gasteiger partial charge in [-0.1, -0.05) is 64.7 Å². The highest BCUT2D eigenvalue weighted by atomic mass is 19.3. The Balaban J connectivity index is 1.76. The molecule has 1 aliphatic heterocycles. The van der Waals surface area contributed by atoms with Crippen LogP contribution in [0.15, 0.2) is 0 Å². The van der Waals surface area contributed by atoms with E-state index in [1.54, 1.807) is 0 Å². The molecule has 1 aliphatic carbocycles. The maximum atomic E-state index is 14.2. The molecule has 4 atom stereocenters. The number of carbonyl (C=O) groups excluding carboxylic acids is 1. The van der Waals surface area contributed by atoms with Gasteiger partial charge in [-0.2, -0.15) is 0 Å². The van der Waals surface area contributed by atoms with E-state index >= 15 is 0 Å². The van der Waals surface area contributed by atoms with E-state index in [9.17, 15) is 23.5 Å². The summed E-state index contributed by atoms with van der Waals surface area (Å²) in [6.07, 6.45) is 8.94. The molecule has 0 aromatic heterocycles. The van der Waals surface area contributed by atoms with Crippen molar-refractivity contribution in [1.82, 2.24) is 0 Å². The van der Waals surface area contributed by atoms with Crippen LogP contribution in [0.5, 0.6) is 0 Å². The minimum atomic E-state index is -2.47. The van der Waals surface area contributed by atoms with Crippen LogP contribution in [0, 0.1) is 11.3 Å². The standard InChI is InChI=1S/C26H44F2O5/c1-2-3-4-5-6-11-17-26(25(27)28)18-16-21(29)20(26)13-8-7-9-14-22(24(30)31)33-23-15-10-12-19-32-23/h20,22-23,25H,2-19H2,1H3,(H,30,31)/t20-,22?,23?,26+/m0/s1. The average Bonchev–Trinajstić information content (AvgIpc) is 3.12. The Morgan fingerprint density at radius 3 is 2.52 bits per heavy atom. The van der Waals surface area contributed by atoms with Crippen molar-refractivity contribution < 1.29 is 33.0 Å². The van der Waals surface area contributed by atoms with Crippen LogP contribution in [0.25, 0.3) is 0 Å². The SMILES string of the molecule is CCCCCCCC[C@@]1(C(F)F)CCC(=O)[C@@H]1CCCCCC(OC1CCCCO1)C(=O)O. The first-order valence-corrected chi connectivity index (χ1v) is 13.2. The molecule has 5 nitrogen and oxygen atoms in total. The van der Waals surface area contributed by atoms with Crippen LogP contribution in [0.1, 0.15) is 116 Å². The molecular weight excluding hydrogens is 430 g/mol. The fourth-order valence-electron chi connectivity index (χ4n) is 5.48. The molecule has 2 unspecified atom stereocenters. The molecule has 33 heavy (non-hydrogen) atoms. The van der Waals surface area contributed by atoms with Gasteiger partial charge in [-0.15, -0.1) is 0 Å². The lowest BCUT2D eigenvalue weighted by atomic mass is 9.72. The predicted molar refractivity (Wildman–Crippen MR) is 123 cm³/mol. The minimum absolute atomic E-state index is 0.0116. The van der Waals surface area contributed by atoms with Crippen LogP contribution < -0.4 is 0 Å². The molecule has 192 valence electrons.